The van der Waals surface area contributed by atoms with Gasteiger partial charge in [-0.1, -0.05) is 25.1 Å². The van der Waals surface area contributed by atoms with Crippen LogP contribution in [0.3, 0.4) is 0 Å². The van der Waals surface area contributed by atoms with Gasteiger partial charge < -0.3 is 10.0 Å². The molecular formula is C15H18F3NO3. The van der Waals surface area contributed by atoms with E-state index >= 15 is 0 Å². The Morgan fingerprint density at radius 2 is 1.86 bits per heavy atom. The molecule has 0 aliphatic carbocycles. The molecule has 4 nitrogen and oxygen atoms in total. The predicted molar refractivity (Wildman–Crippen MR) is 74.2 cm³/mol. The van der Waals surface area contributed by atoms with Crippen LogP contribution in [0.2, 0.25) is 0 Å². The Bertz CT molecular complexity index is 557. The largest absolute Gasteiger partial charge is 0.480 e. The molecule has 0 aromatic heterocycles. The third kappa shape index (κ3) is 4.47. The second-order valence-corrected chi connectivity index (χ2v) is 5.27. The molecule has 0 aliphatic heterocycles. The summed E-state index contributed by atoms with van der Waals surface area (Å²) < 4.78 is 37.9. The van der Waals surface area contributed by atoms with Gasteiger partial charge in [0.1, 0.15) is 6.04 Å². The molecule has 0 saturated heterocycles. The molecule has 1 aromatic rings. The van der Waals surface area contributed by atoms with Gasteiger partial charge in [-0.25, -0.2) is 4.79 Å². The molecule has 2 atom stereocenters. The Labute approximate surface area is 126 Å². The van der Waals surface area contributed by atoms with Gasteiger partial charge in [-0.15, -0.1) is 0 Å². The molecular weight excluding hydrogens is 299 g/mol. The lowest BCUT2D eigenvalue weighted by Crippen LogP contribution is -2.43. The van der Waals surface area contributed by atoms with Gasteiger partial charge in [-0.2, -0.15) is 13.2 Å². The third-order valence-corrected chi connectivity index (χ3v) is 3.50. The number of hydrogen-bond donors (Lipinski definition) is 1. The summed E-state index contributed by atoms with van der Waals surface area (Å²) in [7, 11) is 1.36. The zero-order valence-electron chi connectivity index (χ0n) is 12.5. The Balaban J connectivity index is 2.82. The summed E-state index contributed by atoms with van der Waals surface area (Å²) in [4.78, 5) is 24.1. The molecule has 122 valence electrons. The molecule has 1 N–H and O–H groups in total. The van der Waals surface area contributed by atoms with Crippen molar-refractivity contribution in [3.63, 3.8) is 0 Å². The van der Waals surface area contributed by atoms with Crippen molar-refractivity contribution in [1.29, 1.82) is 0 Å². The maximum absolute atomic E-state index is 12.6. The first-order valence-corrected chi connectivity index (χ1v) is 6.69. The Morgan fingerprint density at radius 1 is 1.27 bits per heavy atom. The fraction of sp³-hybridized carbons (Fsp3) is 0.467. The van der Waals surface area contributed by atoms with E-state index in [0.717, 1.165) is 17.0 Å². The monoisotopic (exact) mass is 317 g/mol. The Morgan fingerprint density at radius 3 is 2.36 bits per heavy atom. The van der Waals surface area contributed by atoms with Crippen LogP contribution in [0.25, 0.3) is 0 Å². The number of halogens is 3. The number of carbonyl (C=O) groups excluding carboxylic acids is 1. The van der Waals surface area contributed by atoms with Crippen molar-refractivity contribution in [3.05, 3.63) is 35.4 Å². The summed E-state index contributed by atoms with van der Waals surface area (Å²) in [5, 5.41) is 8.88. The van der Waals surface area contributed by atoms with Crippen molar-refractivity contribution >= 4 is 11.9 Å². The summed E-state index contributed by atoms with van der Waals surface area (Å²) >= 11 is 0. The second kappa shape index (κ2) is 6.81. The van der Waals surface area contributed by atoms with Crippen LogP contribution in [0, 0.1) is 5.92 Å². The van der Waals surface area contributed by atoms with Crippen molar-refractivity contribution in [2.75, 3.05) is 7.05 Å². The zero-order valence-corrected chi connectivity index (χ0v) is 12.5. The van der Waals surface area contributed by atoms with E-state index in [-0.39, 0.29) is 6.42 Å². The Kier molecular flexibility index (Phi) is 5.57. The number of alkyl halides is 3. The Hall–Kier alpha value is -2.05. The number of hydrogen-bond acceptors (Lipinski definition) is 2. The van der Waals surface area contributed by atoms with E-state index in [2.05, 4.69) is 0 Å². The van der Waals surface area contributed by atoms with Gasteiger partial charge in [-0.3, -0.25) is 4.79 Å². The molecule has 0 fully saturated rings. The number of benzene rings is 1. The van der Waals surface area contributed by atoms with Gasteiger partial charge in [0.15, 0.2) is 0 Å². The second-order valence-electron chi connectivity index (χ2n) is 5.27. The molecule has 1 rings (SSSR count). The van der Waals surface area contributed by atoms with Gasteiger partial charge in [0.05, 0.1) is 5.56 Å². The molecule has 7 heteroatoms. The van der Waals surface area contributed by atoms with Crippen LogP contribution < -0.4 is 0 Å². The molecule has 0 aliphatic rings. The molecule has 1 aromatic carbocycles. The number of carboxylic acids is 1. The maximum atomic E-state index is 12.6. The normalized spacial score (nSPS) is 14.3. The fourth-order valence-corrected chi connectivity index (χ4v) is 2.02. The first kappa shape index (κ1) is 18.0. The highest BCUT2D eigenvalue weighted by atomic mass is 19.4. The van der Waals surface area contributed by atoms with E-state index in [1.54, 1.807) is 6.92 Å². The number of likely N-dealkylation sites (N-methyl/N-ethyl adjacent to an activating group) is 1. The van der Waals surface area contributed by atoms with Gasteiger partial charge >= 0.3 is 12.1 Å². The summed E-state index contributed by atoms with van der Waals surface area (Å²) in [6.07, 6.45) is -4.32. The van der Waals surface area contributed by atoms with E-state index in [9.17, 15) is 22.8 Å². The molecule has 0 heterocycles. The summed E-state index contributed by atoms with van der Waals surface area (Å²) in [5.74, 6) is -2.18. The molecule has 1 amide bonds. The minimum atomic E-state index is -4.43. The van der Waals surface area contributed by atoms with Crippen LogP contribution in [0.1, 0.15) is 25.0 Å². The van der Waals surface area contributed by atoms with Crippen LogP contribution in [0.4, 0.5) is 13.2 Å². The zero-order chi connectivity index (χ0) is 17.1. The smallest absolute Gasteiger partial charge is 0.416 e. The summed E-state index contributed by atoms with van der Waals surface area (Å²) in [6, 6.07) is 3.79. The fourth-order valence-electron chi connectivity index (χ4n) is 2.02. The lowest BCUT2D eigenvalue weighted by atomic mass is 9.98. The number of rotatable bonds is 5. The first-order chi connectivity index (χ1) is 10.0. The standard InChI is InChI=1S/C15H18F3NO3/c1-9(13(20)19(3)10(2)14(21)22)7-11-5-4-6-12(8-11)15(16,17)18/h4-6,8-10H,7H2,1-3H3,(H,21,22). The van der Waals surface area contributed by atoms with Crippen LogP contribution in [0.15, 0.2) is 24.3 Å². The van der Waals surface area contributed by atoms with Crippen LogP contribution in [-0.2, 0) is 22.2 Å². The van der Waals surface area contributed by atoms with Crippen molar-refractivity contribution in [3.8, 4) is 0 Å². The first-order valence-electron chi connectivity index (χ1n) is 6.69. The minimum absolute atomic E-state index is 0.111. The van der Waals surface area contributed by atoms with E-state index in [1.807, 2.05) is 0 Å². The molecule has 2 unspecified atom stereocenters. The molecule has 22 heavy (non-hydrogen) atoms. The highest BCUT2D eigenvalue weighted by Crippen LogP contribution is 2.30. The van der Waals surface area contributed by atoms with Crippen LogP contribution in [0.5, 0.6) is 0 Å². The lowest BCUT2D eigenvalue weighted by Gasteiger charge is -2.25. The van der Waals surface area contributed by atoms with Crippen LogP contribution >= 0.6 is 0 Å². The van der Waals surface area contributed by atoms with E-state index in [0.29, 0.717) is 5.56 Å². The molecule has 0 radical (unpaired) electrons. The lowest BCUT2D eigenvalue weighted by molar-refractivity contribution is -0.149. The number of carbonyl (C=O) groups is 2. The SMILES string of the molecule is CC(Cc1cccc(C(F)(F)F)c1)C(=O)N(C)C(C)C(=O)O. The van der Waals surface area contributed by atoms with Crippen LogP contribution in [-0.4, -0.2) is 35.0 Å². The van der Waals surface area contributed by atoms with Crippen molar-refractivity contribution in [2.24, 2.45) is 5.92 Å². The number of nitrogens with zero attached hydrogens (tertiary/aromatic N) is 1. The topological polar surface area (TPSA) is 57.6 Å². The minimum Gasteiger partial charge on any atom is -0.480 e. The van der Waals surface area contributed by atoms with E-state index < -0.39 is 35.6 Å². The summed E-state index contributed by atoms with van der Waals surface area (Å²) in [6.45, 7) is 2.94. The average molecular weight is 317 g/mol. The molecule has 0 spiro atoms. The van der Waals surface area contributed by atoms with Crippen molar-refractivity contribution in [2.45, 2.75) is 32.5 Å². The third-order valence-electron chi connectivity index (χ3n) is 3.50. The van der Waals surface area contributed by atoms with Crippen molar-refractivity contribution < 1.29 is 27.9 Å². The highest BCUT2D eigenvalue weighted by Gasteiger charge is 2.31. The van der Waals surface area contributed by atoms with Crippen molar-refractivity contribution in [1.82, 2.24) is 4.90 Å². The quantitative estimate of drug-likeness (QED) is 0.908. The summed E-state index contributed by atoms with van der Waals surface area (Å²) in [5.41, 5.74) is -0.385. The predicted octanol–water partition coefficient (Wildman–Crippen LogP) is 2.82. The molecule has 0 saturated carbocycles. The molecule has 0 bridgehead atoms. The highest BCUT2D eigenvalue weighted by molar-refractivity contribution is 5.84. The van der Waals surface area contributed by atoms with E-state index in [4.69, 9.17) is 5.11 Å². The number of amides is 1. The maximum Gasteiger partial charge on any atom is 0.416 e. The van der Waals surface area contributed by atoms with E-state index in [1.165, 1.54) is 26.1 Å². The van der Waals surface area contributed by atoms with Gasteiger partial charge in [0.25, 0.3) is 0 Å². The van der Waals surface area contributed by atoms with Gasteiger partial charge in [-0.05, 0) is 25.0 Å². The average Bonchev–Trinajstić information content (AvgIpc) is 2.44. The van der Waals surface area contributed by atoms with Gasteiger partial charge in [0.2, 0.25) is 5.91 Å². The number of carboxylic acid groups (broad SMARTS) is 1. The number of aliphatic carboxylic acids is 1. The van der Waals surface area contributed by atoms with Gasteiger partial charge in [0, 0.05) is 13.0 Å².